The van der Waals surface area contributed by atoms with Crippen molar-refractivity contribution in [2.45, 2.75) is 13.5 Å². The van der Waals surface area contributed by atoms with Gasteiger partial charge in [-0.1, -0.05) is 12.1 Å². The highest BCUT2D eigenvalue weighted by Gasteiger charge is 2.21. The van der Waals surface area contributed by atoms with E-state index in [1.807, 2.05) is 13.0 Å². The van der Waals surface area contributed by atoms with E-state index in [9.17, 15) is 13.6 Å². The number of aromatic nitrogens is 1. The fraction of sp³-hybridized carbons (Fsp3) is 0.182. The highest BCUT2D eigenvalue weighted by Crippen LogP contribution is 2.28. The van der Waals surface area contributed by atoms with Crippen molar-refractivity contribution in [1.82, 2.24) is 4.98 Å². The third-order valence-electron chi connectivity index (χ3n) is 4.22. The Kier molecular flexibility index (Phi) is 6.39. The third kappa shape index (κ3) is 5.07. The van der Waals surface area contributed by atoms with E-state index >= 15 is 0 Å². The Bertz CT molecular complexity index is 997. The van der Waals surface area contributed by atoms with Crippen LogP contribution >= 0.6 is 0 Å². The number of pyridine rings is 1. The number of ether oxygens (including phenoxy) is 2. The van der Waals surface area contributed by atoms with Gasteiger partial charge in [0.25, 0.3) is 5.91 Å². The maximum atomic E-state index is 14.4. The summed E-state index contributed by atoms with van der Waals surface area (Å²) in [6.07, 6.45) is 1.58. The number of hydrogen-bond donors (Lipinski definition) is 0. The Morgan fingerprint density at radius 3 is 2.59 bits per heavy atom. The molecule has 0 unspecified atom stereocenters. The SMILES string of the molecule is COc1cc(C)ccc1OCC(=O)N(Cc1ccccn1)c1ccc(F)cc1F. The monoisotopic (exact) mass is 398 g/mol. The maximum Gasteiger partial charge on any atom is 0.265 e. The second-order valence-corrected chi connectivity index (χ2v) is 6.34. The van der Waals surface area contributed by atoms with E-state index in [-0.39, 0.29) is 18.8 Å². The first kappa shape index (κ1) is 20.3. The van der Waals surface area contributed by atoms with Gasteiger partial charge in [-0.2, -0.15) is 0 Å². The van der Waals surface area contributed by atoms with Crippen molar-refractivity contribution in [3.8, 4) is 11.5 Å². The van der Waals surface area contributed by atoms with E-state index in [1.165, 1.54) is 18.1 Å². The molecule has 1 aromatic heterocycles. The molecule has 0 fully saturated rings. The summed E-state index contributed by atoms with van der Waals surface area (Å²) in [5, 5.41) is 0. The molecule has 29 heavy (non-hydrogen) atoms. The van der Waals surface area contributed by atoms with Gasteiger partial charge in [0.2, 0.25) is 0 Å². The number of rotatable bonds is 7. The van der Waals surface area contributed by atoms with Crippen molar-refractivity contribution in [1.29, 1.82) is 0 Å². The lowest BCUT2D eigenvalue weighted by Gasteiger charge is -2.23. The van der Waals surface area contributed by atoms with Gasteiger partial charge >= 0.3 is 0 Å². The molecule has 1 heterocycles. The summed E-state index contributed by atoms with van der Waals surface area (Å²) < 4.78 is 38.6. The van der Waals surface area contributed by atoms with E-state index in [1.54, 1.807) is 36.5 Å². The number of methoxy groups -OCH3 is 1. The van der Waals surface area contributed by atoms with E-state index in [0.717, 1.165) is 17.7 Å². The van der Waals surface area contributed by atoms with Crippen molar-refractivity contribution in [2.75, 3.05) is 18.6 Å². The van der Waals surface area contributed by atoms with Gasteiger partial charge in [0.15, 0.2) is 18.1 Å². The largest absolute Gasteiger partial charge is 0.493 e. The number of carbonyl (C=O) groups is 1. The first-order valence-electron chi connectivity index (χ1n) is 8.90. The normalized spacial score (nSPS) is 10.5. The third-order valence-corrected chi connectivity index (χ3v) is 4.22. The molecule has 150 valence electrons. The van der Waals surface area contributed by atoms with Crippen LogP contribution in [0.1, 0.15) is 11.3 Å². The Hall–Kier alpha value is -3.48. The van der Waals surface area contributed by atoms with Gasteiger partial charge in [-0.3, -0.25) is 9.78 Å². The summed E-state index contributed by atoms with van der Waals surface area (Å²) in [5.41, 5.74) is 1.48. The number of benzene rings is 2. The Labute approximate surface area is 167 Å². The van der Waals surface area contributed by atoms with E-state index in [2.05, 4.69) is 4.98 Å². The number of aryl methyl sites for hydroxylation is 1. The number of hydrogen-bond acceptors (Lipinski definition) is 4. The minimum absolute atomic E-state index is 0.0105. The number of amides is 1. The molecule has 3 aromatic rings. The van der Waals surface area contributed by atoms with Gasteiger partial charge in [0.1, 0.15) is 11.6 Å². The van der Waals surface area contributed by atoms with Crippen LogP contribution in [0.3, 0.4) is 0 Å². The first-order chi connectivity index (χ1) is 14.0. The van der Waals surface area contributed by atoms with Crippen LogP contribution in [0.2, 0.25) is 0 Å². The summed E-state index contributed by atoms with van der Waals surface area (Å²) in [5.74, 6) is -1.20. The second kappa shape index (κ2) is 9.14. The van der Waals surface area contributed by atoms with Crippen molar-refractivity contribution >= 4 is 11.6 Å². The topological polar surface area (TPSA) is 51.7 Å². The van der Waals surface area contributed by atoms with Crippen molar-refractivity contribution in [2.24, 2.45) is 0 Å². The predicted molar refractivity (Wildman–Crippen MR) is 105 cm³/mol. The van der Waals surface area contributed by atoms with Crippen LogP contribution in [0, 0.1) is 18.6 Å². The van der Waals surface area contributed by atoms with Gasteiger partial charge in [-0.15, -0.1) is 0 Å². The summed E-state index contributed by atoms with van der Waals surface area (Å²) in [7, 11) is 1.50. The maximum absolute atomic E-state index is 14.4. The molecule has 0 spiro atoms. The molecule has 0 saturated heterocycles. The number of nitrogens with zero attached hydrogens (tertiary/aromatic N) is 2. The minimum atomic E-state index is -0.845. The lowest BCUT2D eigenvalue weighted by atomic mass is 10.2. The average molecular weight is 398 g/mol. The highest BCUT2D eigenvalue weighted by molar-refractivity contribution is 5.94. The van der Waals surface area contributed by atoms with Crippen molar-refractivity contribution in [3.05, 3.63) is 83.7 Å². The van der Waals surface area contributed by atoms with Crippen LogP contribution in [0.4, 0.5) is 14.5 Å². The molecule has 2 aromatic carbocycles. The first-order valence-corrected chi connectivity index (χ1v) is 8.90. The lowest BCUT2D eigenvalue weighted by Crippen LogP contribution is -2.35. The molecule has 0 bridgehead atoms. The molecule has 5 nitrogen and oxygen atoms in total. The average Bonchev–Trinajstić information content (AvgIpc) is 2.72. The molecule has 0 aliphatic carbocycles. The minimum Gasteiger partial charge on any atom is -0.493 e. The molecule has 3 rings (SSSR count). The molecular formula is C22H20F2N2O3. The molecule has 1 amide bonds. The fourth-order valence-corrected chi connectivity index (χ4v) is 2.77. The molecule has 0 N–H and O–H groups in total. The van der Waals surface area contributed by atoms with Crippen LogP contribution in [0.15, 0.2) is 60.8 Å². The van der Waals surface area contributed by atoms with Crippen molar-refractivity contribution in [3.63, 3.8) is 0 Å². The van der Waals surface area contributed by atoms with Gasteiger partial charge in [0.05, 0.1) is 25.0 Å². The predicted octanol–water partition coefficient (Wildman–Crippen LogP) is 4.29. The van der Waals surface area contributed by atoms with E-state index < -0.39 is 17.5 Å². The molecule has 0 radical (unpaired) electrons. The Balaban J connectivity index is 1.84. The number of anilines is 1. The highest BCUT2D eigenvalue weighted by atomic mass is 19.1. The standard InChI is InChI=1S/C22H20F2N2O3/c1-15-6-9-20(21(11-15)28-2)29-14-22(27)26(13-17-5-3-4-10-25-17)19-8-7-16(23)12-18(19)24/h3-12H,13-14H2,1-2H3. The van der Waals surface area contributed by atoms with Gasteiger partial charge in [-0.05, 0) is 48.9 Å². The molecule has 0 aliphatic heterocycles. The van der Waals surface area contributed by atoms with Crippen LogP contribution in [0.5, 0.6) is 11.5 Å². The van der Waals surface area contributed by atoms with Gasteiger partial charge in [0, 0.05) is 12.3 Å². The van der Waals surface area contributed by atoms with Crippen LogP contribution in [-0.4, -0.2) is 24.6 Å². The van der Waals surface area contributed by atoms with Gasteiger partial charge in [-0.25, -0.2) is 8.78 Å². The zero-order valence-corrected chi connectivity index (χ0v) is 16.1. The van der Waals surface area contributed by atoms with Crippen molar-refractivity contribution < 1.29 is 23.0 Å². The van der Waals surface area contributed by atoms with Gasteiger partial charge < -0.3 is 14.4 Å². The molecule has 0 saturated carbocycles. The molecule has 7 heteroatoms. The number of halogens is 2. The summed E-state index contributed by atoms with van der Waals surface area (Å²) in [4.78, 5) is 18.3. The fourth-order valence-electron chi connectivity index (χ4n) is 2.77. The summed E-state index contributed by atoms with van der Waals surface area (Å²) in [6, 6.07) is 13.6. The van der Waals surface area contributed by atoms with Crippen LogP contribution in [-0.2, 0) is 11.3 Å². The number of carbonyl (C=O) groups excluding carboxylic acids is 1. The molecule has 0 atom stereocenters. The smallest absolute Gasteiger partial charge is 0.265 e. The summed E-state index contributed by atoms with van der Waals surface area (Å²) in [6.45, 7) is 1.56. The Morgan fingerprint density at radius 2 is 1.90 bits per heavy atom. The quantitative estimate of drug-likeness (QED) is 0.596. The summed E-state index contributed by atoms with van der Waals surface area (Å²) >= 11 is 0. The van der Waals surface area contributed by atoms with E-state index in [0.29, 0.717) is 17.2 Å². The zero-order chi connectivity index (χ0) is 20.8. The van der Waals surface area contributed by atoms with E-state index in [4.69, 9.17) is 9.47 Å². The Morgan fingerprint density at radius 1 is 1.07 bits per heavy atom. The van der Waals surface area contributed by atoms with Crippen LogP contribution in [0.25, 0.3) is 0 Å². The second-order valence-electron chi connectivity index (χ2n) is 6.34. The van der Waals surface area contributed by atoms with Crippen LogP contribution < -0.4 is 14.4 Å². The molecular weight excluding hydrogens is 378 g/mol. The zero-order valence-electron chi connectivity index (χ0n) is 16.1. The lowest BCUT2D eigenvalue weighted by molar-refractivity contribution is -0.120. The molecule has 0 aliphatic rings.